The summed E-state index contributed by atoms with van der Waals surface area (Å²) >= 11 is 0. The average Bonchev–Trinajstić information content (AvgIpc) is 2.23. The second-order valence-electron chi connectivity index (χ2n) is 3.05. The SMILES string of the molecule is CCCCOCCOC(F)(F)C(=O)OCC. The third-order valence-corrected chi connectivity index (χ3v) is 1.67. The van der Waals surface area contributed by atoms with E-state index in [1.54, 1.807) is 0 Å². The van der Waals surface area contributed by atoms with E-state index in [-0.39, 0.29) is 19.8 Å². The van der Waals surface area contributed by atoms with Gasteiger partial charge in [-0.3, -0.25) is 0 Å². The molecule has 0 fully saturated rings. The smallest absolute Gasteiger partial charge is 0.456 e. The van der Waals surface area contributed by atoms with Crippen molar-refractivity contribution in [1.82, 2.24) is 0 Å². The highest BCUT2D eigenvalue weighted by Gasteiger charge is 2.42. The van der Waals surface area contributed by atoms with E-state index in [1.807, 2.05) is 6.92 Å². The van der Waals surface area contributed by atoms with E-state index in [2.05, 4.69) is 9.47 Å². The van der Waals surface area contributed by atoms with Crippen LogP contribution in [0.3, 0.4) is 0 Å². The Hall–Kier alpha value is -0.750. The van der Waals surface area contributed by atoms with E-state index in [0.29, 0.717) is 6.61 Å². The van der Waals surface area contributed by atoms with Gasteiger partial charge in [0, 0.05) is 6.61 Å². The molecule has 0 heterocycles. The third-order valence-electron chi connectivity index (χ3n) is 1.67. The lowest BCUT2D eigenvalue weighted by atomic mass is 10.4. The minimum atomic E-state index is -3.88. The summed E-state index contributed by atoms with van der Waals surface area (Å²) in [6, 6.07) is 0. The summed E-state index contributed by atoms with van der Waals surface area (Å²) < 4.78 is 38.9. The van der Waals surface area contributed by atoms with Gasteiger partial charge in [-0.25, -0.2) is 4.79 Å². The highest BCUT2D eigenvalue weighted by Crippen LogP contribution is 2.16. The molecule has 0 amide bonds. The summed E-state index contributed by atoms with van der Waals surface area (Å²) in [4.78, 5) is 10.7. The largest absolute Gasteiger partial charge is 0.460 e. The van der Waals surface area contributed by atoms with Crippen molar-refractivity contribution in [2.75, 3.05) is 26.4 Å². The number of carbonyl (C=O) groups is 1. The molecule has 0 saturated heterocycles. The number of ether oxygens (including phenoxy) is 3. The Labute approximate surface area is 93.9 Å². The highest BCUT2D eigenvalue weighted by atomic mass is 19.3. The van der Waals surface area contributed by atoms with Gasteiger partial charge >= 0.3 is 12.1 Å². The molecule has 0 saturated carbocycles. The molecule has 0 aliphatic rings. The van der Waals surface area contributed by atoms with Crippen molar-refractivity contribution in [1.29, 1.82) is 0 Å². The van der Waals surface area contributed by atoms with E-state index in [0.717, 1.165) is 12.8 Å². The van der Waals surface area contributed by atoms with Crippen molar-refractivity contribution in [3.05, 3.63) is 0 Å². The van der Waals surface area contributed by atoms with Crippen LogP contribution in [0.25, 0.3) is 0 Å². The first-order chi connectivity index (χ1) is 7.54. The van der Waals surface area contributed by atoms with E-state index >= 15 is 0 Å². The molecule has 16 heavy (non-hydrogen) atoms. The van der Waals surface area contributed by atoms with E-state index in [9.17, 15) is 13.6 Å². The standard InChI is InChI=1S/C10H18F2O4/c1-3-5-6-14-7-8-16-10(11,12)9(13)15-4-2/h3-8H2,1-2H3. The van der Waals surface area contributed by atoms with Gasteiger partial charge in [0.05, 0.1) is 19.8 Å². The molecule has 0 rings (SSSR count). The number of halogens is 2. The van der Waals surface area contributed by atoms with Crippen molar-refractivity contribution in [2.24, 2.45) is 0 Å². The summed E-state index contributed by atoms with van der Waals surface area (Å²) in [5.74, 6) is -1.66. The molecular weight excluding hydrogens is 222 g/mol. The summed E-state index contributed by atoms with van der Waals surface area (Å²) in [6.45, 7) is 3.54. The normalized spacial score (nSPS) is 11.5. The van der Waals surface area contributed by atoms with Crippen LogP contribution in [0.2, 0.25) is 0 Å². The molecule has 6 heteroatoms. The molecule has 0 spiro atoms. The molecular formula is C10H18F2O4. The number of unbranched alkanes of at least 4 members (excludes halogenated alkanes) is 1. The second-order valence-corrected chi connectivity index (χ2v) is 3.05. The lowest BCUT2D eigenvalue weighted by Crippen LogP contribution is -2.35. The first-order valence-electron chi connectivity index (χ1n) is 5.31. The number of hydrogen-bond donors (Lipinski definition) is 0. The number of hydrogen-bond acceptors (Lipinski definition) is 4. The zero-order valence-corrected chi connectivity index (χ0v) is 9.63. The van der Waals surface area contributed by atoms with Gasteiger partial charge in [-0.1, -0.05) is 13.3 Å². The van der Waals surface area contributed by atoms with Gasteiger partial charge in [0.2, 0.25) is 0 Å². The quantitative estimate of drug-likeness (QED) is 0.456. The summed E-state index contributed by atoms with van der Waals surface area (Å²) in [6.07, 6.45) is -2.04. The fourth-order valence-corrected chi connectivity index (χ4v) is 0.851. The third kappa shape index (κ3) is 6.68. The highest BCUT2D eigenvalue weighted by molar-refractivity contribution is 5.75. The Morgan fingerprint density at radius 2 is 1.88 bits per heavy atom. The minimum Gasteiger partial charge on any atom is -0.460 e. The topological polar surface area (TPSA) is 44.8 Å². The summed E-state index contributed by atoms with van der Waals surface area (Å²) in [7, 11) is 0. The molecule has 0 N–H and O–H groups in total. The second kappa shape index (κ2) is 8.41. The van der Waals surface area contributed by atoms with E-state index in [1.165, 1.54) is 6.92 Å². The predicted molar refractivity (Wildman–Crippen MR) is 53.3 cm³/mol. The molecule has 96 valence electrons. The molecule has 0 aromatic carbocycles. The molecule has 4 nitrogen and oxygen atoms in total. The molecule has 0 aliphatic heterocycles. The Balaban J connectivity index is 3.61. The van der Waals surface area contributed by atoms with Gasteiger partial charge in [-0.15, -0.1) is 0 Å². The van der Waals surface area contributed by atoms with E-state index in [4.69, 9.17) is 4.74 Å². The van der Waals surface area contributed by atoms with Gasteiger partial charge in [-0.05, 0) is 13.3 Å². The molecule has 0 radical (unpaired) electrons. The fraction of sp³-hybridized carbons (Fsp3) is 0.900. The monoisotopic (exact) mass is 240 g/mol. The minimum absolute atomic E-state index is 0.0367. The summed E-state index contributed by atoms with van der Waals surface area (Å²) in [5, 5.41) is 0. The van der Waals surface area contributed by atoms with Crippen molar-refractivity contribution >= 4 is 5.97 Å². The van der Waals surface area contributed by atoms with Gasteiger partial charge in [0.1, 0.15) is 0 Å². The zero-order valence-electron chi connectivity index (χ0n) is 9.63. The van der Waals surface area contributed by atoms with Gasteiger partial charge < -0.3 is 14.2 Å². The van der Waals surface area contributed by atoms with Crippen molar-refractivity contribution in [2.45, 2.75) is 32.8 Å². The van der Waals surface area contributed by atoms with Crippen LogP contribution >= 0.6 is 0 Å². The Morgan fingerprint density at radius 3 is 2.44 bits per heavy atom. The van der Waals surface area contributed by atoms with Crippen LogP contribution < -0.4 is 0 Å². The van der Waals surface area contributed by atoms with Gasteiger partial charge in [0.15, 0.2) is 0 Å². The van der Waals surface area contributed by atoms with Crippen LogP contribution in [0.5, 0.6) is 0 Å². The van der Waals surface area contributed by atoms with Gasteiger partial charge in [-0.2, -0.15) is 8.78 Å². The van der Waals surface area contributed by atoms with Crippen LogP contribution in [0.4, 0.5) is 8.78 Å². The number of carbonyl (C=O) groups excluding carboxylic acids is 1. The van der Waals surface area contributed by atoms with Crippen LogP contribution in [0, 0.1) is 0 Å². The van der Waals surface area contributed by atoms with Crippen LogP contribution in [0.1, 0.15) is 26.7 Å². The van der Waals surface area contributed by atoms with E-state index < -0.39 is 12.1 Å². The molecule has 0 aliphatic carbocycles. The van der Waals surface area contributed by atoms with Crippen LogP contribution in [-0.4, -0.2) is 38.5 Å². The van der Waals surface area contributed by atoms with Crippen molar-refractivity contribution < 1.29 is 27.8 Å². The maximum absolute atomic E-state index is 12.8. The predicted octanol–water partition coefficient (Wildman–Crippen LogP) is 1.98. The zero-order chi connectivity index (χ0) is 12.4. The van der Waals surface area contributed by atoms with Crippen molar-refractivity contribution in [3.8, 4) is 0 Å². The lowest BCUT2D eigenvalue weighted by molar-refractivity contribution is -0.252. The molecule has 0 bridgehead atoms. The maximum Gasteiger partial charge on any atom is 0.456 e. The number of rotatable bonds is 9. The van der Waals surface area contributed by atoms with Crippen LogP contribution in [-0.2, 0) is 19.0 Å². The summed E-state index contributed by atoms with van der Waals surface area (Å²) in [5.41, 5.74) is 0. The Morgan fingerprint density at radius 1 is 1.19 bits per heavy atom. The molecule has 0 unspecified atom stereocenters. The average molecular weight is 240 g/mol. The van der Waals surface area contributed by atoms with Crippen molar-refractivity contribution in [3.63, 3.8) is 0 Å². The first-order valence-corrected chi connectivity index (χ1v) is 5.31. The number of alkyl halides is 2. The molecule has 0 aromatic heterocycles. The molecule has 0 aromatic rings. The lowest BCUT2D eigenvalue weighted by Gasteiger charge is -2.14. The Bertz CT molecular complexity index is 197. The Kier molecular flexibility index (Phi) is 8.01. The number of esters is 1. The van der Waals surface area contributed by atoms with Crippen LogP contribution in [0.15, 0.2) is 0 Å². The van der Waals surface area contributed by atoms with Gasteiger partial charge in [0.25, 0.3) is 0 Å². The maximum atomic E-state index is 12.8. The fourth-order valence-electron chi connectivity index (χ4n) is 0.851. The molecule has 0 atom stereocenters. The first kappa shape index (κ1) is 15.2.